The minimum absolute atomic E-state index is 0.347. The summed E-state index contributed by atoms with van der Waals surface area (Å²) >= 11 is 0. The molecule has 0 saturated carbocycles. The van der Waals surface area contributed by atoms with Crippen LogP contribution in [0.2, 0.25) is 0 Å². The molecular formula is C22H34N6O7. The monoisotopic (exact) mass is 494 g/mol. The highest BCUT2D eigenvalue weighted by molar-refractivity contribution is 5.83. The molecule has 2 aromatic heterocycles. The average Bonchev–Trinajstić information content (AvgIpc) is 3.28. The van der Waals surface area contributed by atoms with Crippen molar-refractivity contribution in [1.82, 2.24) is 24.8 Å². The lowest BCUT2D eigenvalue weighted by Crippen LogP contribution is -2.52. The van der Waals surface area contributed by atoms with Crippen molar-refractivity contribution in [3.63, 3.8) is 0 Å². The van der Waals surface area contributed by atoms with Crippen LogP contribution in [0.15, 0.2) is 12.7 Å². The summed E-state index contributed by atoms with van der Waals surface area (Å²) in [5.41, 5.74) is -1.70. The molecule has 0 bridgehead atoms. The van der Waals surface area contributed by atoms with Gasteiger partial charge in [-0.2, -0.15) is 0 Å². The number of ether oxygens (including phenoxy) is 3. The molecular weight excluding hydrogens is 460 g/mol. The summed E-state index contributed by atoms with van der Waals surface area (Å²) in [6, 6.07) is -1.06. The van der Waals surface area contributed by atoms with Gasteiger partial charge < -0.3 is 35.1 Å². The Hall–Kier alpha value is -3.03. The van der Waals surface area contributed by atoms with Crippen molar-refractivity contribution in [2.24, 2.45) is 5.92 Å². The van der Waals surface area contributed by atoms with Crippen molar-refractivity contribution in [2.75, 3.05) is 19.0 Å². The Balaban J connectivity index is 1.85. The molecule has 13 nitrogen and oxygen atoms in total. The molecule has 1 fully saturated rings. The first-order chi connectivity index (χ1) is 16.3. The zero-order valence-electron chi connectivity index (χ0n) is 21.0. The number of aliphatic hydroxyl groups excluding tert-OH is 1. The standard InChI is InChI=1S/C22H34N6O7/c1-11(2)13(27-20(31)35-21(3,4)5)18(30)34-15-12(8-29)33-19(22(15,6)32)28-10-26-14-16(23-7)24-9-25-17(14)28/h9-13,15,19,29,32H,8H2,1-7H3,(H,27,31)(H,23,24,25)/t12?,13?,15-,19?,22?/m1/s1. The first kappa shape index (κ1) is 26.6. The number of esters is 1. The zero-order chi connectivity index (χ0) is 26.1. The molecule has 1 aliphatic rings. The smallest absolute Gasteiger partial charge is 0.408 e. The number of amides is 1. The first-order valence-corrected chi connectivity index (χ1v) is 11.3. The number of rotatable bonds is 7. The van der Waals surface area contributed by atoms with Gasteiger partial charge in [-0.05, 0) is 33.6 Å². The summed E-state index contributed by atoms with van der Waals surface area (Å²) in [6.07, 6.45) is -1.39. The van der Waals surface area contributed by atoms with E-state index < -0.39 is 54.3 Å². The number of hydrogen-bond acceptors (Lipinski definition) is 11. The Bertz CT molecular complexity index is 1060. The number of alkyl carbamates (subject to hydrolysis) is 1. The van der Waals surface area contributed by atoms with Crippen LogP contribution in [0, 0.1) is 5.92 Å². The van der Waals surface area contributed by atoms with E-state index >= 15 is 0 Å². The van der Waals surface area contributed by atoms with Gasteiger partial charge in [0.05, 0.1) is 12.9 Å². The summed E-state index contributed by atoms with van der Waals surface area (Å²) in [7, 11) is 1.69. The van der Waals surface area contributed by atoms with E-state index in [9.17, 15) is 19.8 Å². The third-order valence-corrected chi connectivity index (χ3v) is 5.58. The van der Waals surface area contributed by atoms with Crippen LogP contribution in [-0.4, -0.2) is 84.9 Å². The Morgan fingerprint density at radius 3 is 2.54 bits per heavy atom. The molecule has 35 heavy (non-hydrogen) atoms. The fraction of sp³-hybridized carbons (Fsp3) is 0.682. The molecule has 13 heteroatoms. The van der Waals surface area contributed by atoms with E-state index in [0.29, 0.717) is 17.0 Å². The van der Waals surface area contributed by atoms with E-state index in [1.54, 1.807) is 41.7 Å². The van der Waals surface area contributed by atoms with E-state index in [1.807, 2.05) is 0 Å². The molecule has 2 aromatic rings. The topological polar surface area (TPSA) is 170 Å². The van der Waals surface area contributed by atoms with E-state index in [-0.39, 0.29) is 5.92 Å². The normalized spacial score (nSPS) is 25.5. The highest BCUT2D eigenvalue weighted by Gasteiger charge is 2.56. The van der Waals surface area contributed by atoms with Gasteiger partial charge in [0.15, 0.2) is 23.8 Å². The SMILES string of the molecule is CNc1ncnc2c1ncn2C1OC(CO)[C@@H](OC(=O)C(NC(=O)OC(C)(C)C)C(C)C)C1(C)O. The molecule has 1 aliphatic heterocycles. The number of anilines is 1. The second kappa shape index (κ2) is 9.91. The molecule has 0 aliphatic carbocycles. The second-order valence-electron chi connectivity index (χ2n) is 9.96. The van der Waals surface area contributed by atoms with E-state index in [1.165, 1.54) is 24.1 Å². The third-order valence-electron chi connectivity index (χ3n) is 5.58. The molecule has 0 aromatic carbocycles. The van der Waals surface area contributed by atoms with Crippen molar-refractivity contribution in [3.05, 3.63) is 12.7 Å². The third kappa shape index (κ3) is 5.46. The van der Waals surface area contributed by atoms with Gasteiger partial charge in [-0.15, -0.1) is 0 Å². The van der Waals surface area contributed by atoms with Gasteiger partial charge in [0, 0.05) is 7.05 Å². The summed E-state index contributed by atoms with van der Waals surface area (Å²) in [4.78, 5) is 38.0. The number of aromatic nitrogens is 4. The van der Waals surface area contributed by atoms with Gasteiger partial charge in [0.1, 0.15) is 35.2 Å². The van der Waals surface area contributed by atoms with Crippen LogP contribution in [0.3, 0.4) is 0 Å². The highest BCUT2D eigenvalue weighted by atomic mass is 16.6. The number of fused-ring (bicyclic) bond motifs is 1. The number of hydrogen-bond donors (Lipinski definition) is 4. The lowest BCUT2D eigenvalue weighted by molar-refractivity contribution is -0.167. The quantitative estimate of drug-likeness (QED) is 0.404. The Kier molecular flexibility index (Phi) is 7.53. The minimum Gasteiger partial charge on any atom is -0.455 e. The number of carbonyl (C=O) groups excluding carboxylic acids is 2. The fourth-order valence-corrected chi connectivity index (χ4v) is 3.91. The Morgan fingerprint density at radius 1 is 1.29 bits per heavy atom. The maximum atomic E-state index is 13.1. The number of aliphatic hydroxyl groups is 2. The van der Waals surface area contributed by atoms with Crippen molar-refractivity contribution >= 4 is 29.0 Å². The molecule has 1 saturated heterocycles. The number of carbonyl (C=O) groups is 2. The van der Waals surface area contributed by atoms with Crippen LogP contribution >= 0.6 is 0 Å². The summed E-state index contributed by atoms with van der Waals surface area (Å²) in [6.45, 7) is 9.49. The largest absolute Gasteiger partial charge is 0.455 e. The van der Waals surface area contributed by atoms with Crippen LogP contribution in [0.25, 0.3) is 11.2 Å². The zero-order valence-corrected chi connectivity index (χ0v) is 21.0. The molecule has 3 heterocycles. The minimum atomic E-state index is -1.78. The first-order valence-electron chi connectivity index (χ1n) is 11.3. The average molecular weight is 495 g/mol. The molecule has 5 atom stereocenters. The highest BCUT2D eigenvalue weighted by Crippen LogP contribution is 2.41. The molecule has 3 rings (SSSR count). The van der Waals surface area contributed by atoms with Crippen molar-refractivity contribution in [2.45, 2.75) is 77.2 Å². The van der Waals surface area contributed by atoms with Crippen LogP contribution in [0.5, 0.6) is 0 Å². The summed E-state index contributed by atoms with van der Waals surface area (Å²) < 4.78 is 18.3. The van der Waals surface area contributed by atoms with Crippen LogP contribution in [0.4, 0.5) is 10.6 Å². The van der Waals surface area contributed by atoms with Gasteiger partial charge in [-0.3, -0.25) is 4.57 Å². The lowest BCUT2D eigenvalue weighted by atomic mass is 9.95. The van der Waals surface area contributed by atoms with Gasteiger partial charge in [0.25, 0.3) is 0 Å². The summed E-state index contributed by atoms with van der Waals surface area (Å²) in [5, 5.41) is 26.8. The van der Waals surface area contributed by atoms with Gasteiger partial charge in [0.2, 0.25) is 0 Å². The predicted octanol–water partition coefficient (Wildman–Crippen LogP) is 0.970. The molecule has 0 radical (unpaired) electrons. The van der Waals surface area contributed by atoms with Crippen LogP contribution < -0.4 is 10.6 Å². The lowest BCUT2D eigenvalue weighted by Gasteiger charge is -2.32. The van der Waals surface area contributed by atoms with Crippen LogP contribution in [-0.2, 0) is 19.0 Å². The Morgan fingerprint density at radius 2 is 1.97 bits per heavy atom. The van der Waals surface area contributed by atoms with E-state index in [4.69, 9.17) is 14.2 Å². The molecule has 194 valence electrons. The number of nitrogens with one attached hydrogen (secondary N) is 2. The Labute approximate surface area is 203 Å². The molecule has 4 unspecified atom stereocenters. The van der Waals surface area contributed by atoms with E-state index in [2.05, 4.69) is 25.6 Å². The molecule has 1 amide bonds. The van der Waals surface area contributed by atoms with Gasteiger partial charge in [-0.1, -0.05) is 13.8 Å². The van der Waals surface area contributed by atoms with Crippen molar-refractivity contribution < 1.29 is 34.0 Å². The predicted molar refractivity (Wildman–Crippen MR) is 124 cm³/mol. The van der Waals surface area contributed by atoms with E-state index in [0.717, 1.165) is 0 Å². The van der Waals surface area contributed by atoms with Crippen molar-refractivity contribution in [1.29, 1.82) is 0 Å². The number of nitrogens with zero attached hydrogens (tertiary/aromatic N) is 4. The summed E-state index contributed by atoms with van der Waals surface area (Å²) in [5.74, 6) is -0.657. The molecule has 0 spiro atoms. The van der Waals surface area contributed by atoms with Crippen molar-refractivity contribution in [3.8, 4) is 0 Å². The number of imidazole rings is 1. The maximum Gasteiger partial charge on any atom is 0.408 e. The molecule has 4 N–H and O–H groups in total. The second-order valence-corrected chi connectivity index (χ2v) is 9.96. The van der Waals surface area contributed by atoms with Crippen LogP contribution in [0.1, 0.15) is 47.8 Å². The van der Waals surface area contributed by atoms with Gasteiger partial charge >= 0.3 is 12.1 Å². The fourth-order valence-electron chi connectivity index (χ4n) is 3.91. The van der Waals surface area contributed by atoms with Gasteiger partial charge in [-0.25, -0.2) is 24.5 Å². The maximum absolute atomic E-state index is 13.1.